The van der Waals surface area contributed by atoms with Crippen LogP contribution in [-0.2, 0) is 28.7 Å². The SMILES string of the molecule is CCC1(/C=C2\OC(=O)C3=C2CC[C@H]2[C@@H]4CC[C@@]5(C6=C4[C@@H](CN4C(=O)C=CC4=O)C4=CCNC(=C4)NCSS[C@@H](NC[C@H](C)O)[C@H](C4CCC(CCCO)CC4)C/C=C/5OC6=O)[C@@H]32)CCCC1. The van der Waals surface area contributed by atoms with Crippen molar-refractivity contribution in [1.82, 2.24) is 20.9 Å². The van der Waals surface area contributed by atoms with Crippen LogP contribution < -0.4 is 16.0 Å². The van der Waals surface area contributed by atoms with Gasteiger partial charge in [0.2, 0.25) is 0 Å². The highest BCUT2D eigenvalue weighted by atomic mass is 33.1. The lowest BCUT2D eigenvalue weighted by Gasteiger charge is -2.57. The van der Waals surface area contributed by atoms with E-state index in [9.17, 15) is 24.6 Å². The Hall–Kier alpha value is -3.56. The molecule has 7 bridgehead atoms. The summed E-state index contributed by atoms with van der Waals surface area (Å²) in [5, 5.41) is 31.1. The lowest BCUT2D eigenvalue weighted by Crippen LogP contribution is -2.54. The molecular weight excluding hydrogens is 873 g/mol. The second-order valence-electron chi connectivity index (χ2n) is 20.9. The van der Waals surface area contributed by atoms with Gasteiger partial charge >= 0.3 is 11.9 Å². The van der Waals surface area contributed by atoms with Crippen molar-refractivity contribution < 1.29 is 38.9 Å². The number of carbonyl (C=O) groups is 4. The van der Waals surface area contributed by atoms with Crippen LogP contribution in [0.25, 0.3) is 0 Å². The van der Waals surface area contributed by atoms with Crippen LogP contribution in [0.3, 0.4) is 0 Å². The molecule has 5 aliphatic heterocycles. The Balaban J connectivity index is 1.14. The van der Waals surface area contributed by atoms with Crippen molar-refractivity contribution in [3.63, 3.8) is 0 Å². The minimum atomic E-state index is -0.932. The van der Waals surface area contributed by atoms with Crippen molar-refractivity contribution in [3.05, 3.63) is 81.7 Å². The smallest absolute Gasteiger partial charge is 0.340 e. The quantitative estimate of drug-likeness (QED) is 0.0782. The van der Waals surface area contributed by atoms with E-state index in [0.29, 0.717) is 61.4 Å². The monoisotopic (exact) mass is 940 g/mol. The van der Waals surface area contributed by atoms with E-state index < -0.39 is 17.4 Å². The number of carbonyl (C=O) groups excluding carboxylic acids is 4. The average molecular weight is 941 g/mol. The number of fused-ring (bicyclic) bond motifs is 2. The molecule has 0 aromatic heterocycles. The molecule has 5 N–H and O–H groups in total. The van der Waals surface area contributed by atoms with Crippen molar-refractivity contribution in [3.8, 4) is 0 Å². The molecule has 0 aromatic rings. The largest absolute Gasteiger partial charge is 0.427 e. The summed E-state index contributed by atoms with van der Waals surface area (Å²) >= 11 is 0. The minimum absolute atomic E-state index is 0.00900. The van der Waals surface area contributed by atoms with Crippen molar-refractivity contribution in [1.29, 1.82) is 0 Å². The van der Waals surface area contributed by atoms with Gasteiger partial charge in [0.1, 0.15) is 11.5 Å². The van der Waals surface area contributed by atoms with Gasteiger partial charge in [-0.05, 0) is 148 Å². The lowest BCUT2D eigenvalue weighted by molar-refractivity contribution is -0.138. The Kier molecular flexibility index (Phi) is 13.4. The molecule has 1 saturated heterocycles. The number of nitrogens with one attached hydrogen (secondary N) is 3. The zero-order valence-corrected chi connectivity index (χ0v) is 40.3. The minimum Gasteiger partial charge on any atom is -0.427 e. The third-order valence-corrected chi connectivity index (χ3v) is 20.0. The summed E-state index contributed by atoms with van der Waals surface area (Å²) < 4.78 is 13.1. The summed E-state index contributed by atoms with van der Waals surface area (Å²) in [5.41, 5.74) is 3.32. The number of aliphatic hydroxyl groups is 2. The molecule has 5 heterocycles. The van der Waals surface area contributed by atoms with E-state index in [4.69, 9.17) is 9.47 Å². The fraction of sp³-hybridized carbons (Fsp3) is 0.654. The van der Waals surface area contributed by atoms with Crippen molar-refractivity contribution >= 4 is 45.3 Å². The van der Waals surface area contributed by atoms with Crippen LogP contribution in [0, 0.1) is 52.3 Å². The van der Waals surface area contributed by atoms with Crippen LogP contribution in [0.1, 0.15) is 117 Å². The number of ether oxygens (including phenoxy) is 2. The number of allylic oxidation sites excluding steroid dienone is 5. The fourth-order valence-electron chi connectivity index (χ4n) is 14.3. The Labute approximate surface area is 397 Å². The zero-order chi connectivity index (χ0) is 45.7. The molecule has 8 atom stereocenters. The summed E-state index contributed by atoms with van der Waals surface area (Å²) in [6, 6.07) is 0. The number of imide groups is 1. The molecule has 66 heavy (non-hydrogen) atoms. The van der Waals surface area contributed by atoms with Crippen LogP contribution in [0.15, 0.2) is 81.7 Å². The molecule has 2 amide bonds. The number of rotatable bonds is 11. The van der Waals surface area contributed by atoms with Crippen LogP contribution in [0.4, 0.5) is 0 Å². The molecule has 0 unspecified atom stereocenters. The number of aliphatic hydroxyl groups excluding tert-OH is 2. The van der Waals surface area contributed by atoms with Crippen LogP contribution in [-0.4, -0.2) is 82.5 Å². The molecule has 4 fully saturated rings. The average Bonchev–Trinajstić information content (AvgIpc) is 4.08. The van der Waals surface area contributed by atoms with Gasteiger partial charge in [0, 0.05) is 61.4 Å². The highest BCUT2D eigenvalue weighted by Crippen LogP contribution is 2.72. The topological polar surface area (TPSA) is 167 Å². The number of dihydropyridines is 1. The number of cyclic esters (lactones) is 1. The Morgan fingerprint density at radius 2 is 1.76 bits per heavy atom. The van der Waals surface area contributed by atoms with E-state index in [0.717, 1.165) is 105 Å². The molecule has 0 aromatic carbocycles. The van der Waals surface area contributed by atoms with E-state index in [1.165, 1.54) is 29.9 Å². The maximum Gasteiger partial charge on any atom is 0.340 e. The predicted molar refractivity (Wildman–Crippen MR) is 255 cm³/mol. The van der Waals surface area contributed by atoms with Gasteiger partial charge in [0.15, 0.2) is 0 Å². The first-order valence-corrected chi connectivity index (χ1v) is 27.5. The molecule has 11 rings (SSSR count). The molecule has 1 spiro atoms. The first-order valence-electron chi connectivity index (χ1n) is 25.1. The van der Waals surface area contributed by atoms with E-state index in [-0.39, 0.29) is 71.4 Å². The Morgan fingerprint density at radius 1 is 0.970 bits per heavy atom. The highest BCUT2D eigenvalue weighted by molar-refractivity contribution is 8.76. The maximum atomic E-state index is 15.2. The molecule has 0 radical (unpaired) electrons. The molecule has 11 aliphatic rings. The van der Waals surface area contributed by atoms with Gasteiger partial charge in [-0.1, -0.05) is 60.3 Å². The normalized spacial score (nSPS) is 36.9. The summed E-state index contributed by atoms with van der Waals surface area (Å²) in [5.74, 6) is 1.67. The first-order chi connectivity index (χ1) is 32.0. The number of nitrogens with zero attached hydrogens (tertiary/aromatic N) is 1. The van der Waals surface area contributed by atoms with Gasteiger partial charge in [-0.3, -0.25) is 14.5 Å². The van der Waals surface area contributed by atoms with Crippen molar-refractivity contribution in [2.75, 3.05) is 32.1 Å². The third kappa shape index (κ3) is 8.30. The Morgan fingerprint density at radius 3 is 2.50 bits per heavy atom. The summed E-state index contributed by atoms with van der Waals surface area (Å²) in [6.45, 7) is 5.34. The van der Waals surface area contributed by atoms with Crippen LogP contribution in [0.5, 0.6) is 0 Å². The van der Waals surface area contributed by atoms with Crippen LogP contribution >= 0.6 is 21.6 Å². The molecule has 3 saturated carbocycles. The number of amides is 2. The molecule has 12 nitrogen and oxygen atoms in total. The third-order valence-electron chi connectivity index (χ3n) is 17.5. The lowest BCUT2D eigenvalue weighted by atomic mass is 9.43. The predicted octanol–water partition coefficient (Wildman–Crippen LogP) is 7.60. The van der Waals surface area contributed by atoms with Crippen molar-refractivity contribution in [2.24, 2.45) is 52.3 Å². The van der Waals surface area contributed by atoms with Gasteiger partial charge < -0.3 is 35.6 Å². The molecule has 6 aliphatic carbocycles. The number of hydrogen-bond donors (Lipinski definition) is 5. The molecule has 356 valence electrons. The molecule has 14 heteroatoms. The molecular formula is C52H68N4O8S2. The summed E-state index contributed by atoms with van der Waals surface area (Å²) in [7, 11) is 3.52. The van der Waals surface area contributed by atoms with Gasteiger partial charge in [0.25, 0.3) is 11.8 Å². The standard InChI is InChI=1S/C52H68N4O8S2/c1-3-51(20-4-5-21-51)26-39-37-13-12-36-35-18-22-52(46(36)45(37)49(61)63-39)40-15-14-34(32-10-8-31(9-11-32)7-6-24-57)48(54-27-30(2)58)66-65-29-55-41-25-33(19-23-53-41)38(44(35)47(52)50(62)64-40)28-56-42(59)16-17-43(56)60/h15-17,19,25-26,30-32,34-36,38,46,48,53-55,57-58H,3-14,18,20-24,27-29H2,1-2H3/b39-26-,40-15-/t30-,31?,32?,34-,35-,36-,38-,46+,48+,52-/m0/s1. The van der Waals surface area contributed by atoms with E-state index in [2.05, 4.69) is 47.2 Å². The van der Waals surface area contributed by atoms with Crippen molar-refractivity contribution in [2.45, 2.75) is 128 Å². The van der Waals surface area contributed by atoms with E-state index in [1.54, 1.807) is 21.6 Å². The Bertz CT molecular complexity index is 2190. The van der Waals surface area contributed by atoms with Gasteiger partial charge in [-0.15, -0.1) is 0 Å². The second-order valence-corrected chi connectivity index (χ2v) is 23.4. The van der Waals surface area contributed by atoms with Gasteiger partial charge in [0.05, 0.1) is 34.2 Å². The maximum absolute atomic E-state index is 15.2. The van der Waals surface area contributed by atoms with Gasteiger partial charge in [-0.2, -0.15) is 0 Å². The zero-order valence-electron chi connectivity index (χ0n) is 38.6. The van der Waals surface area contributed by atoms with E-state index in [1.807, 2.05) is 6.92 Å². The first kappa shape index (κ1) is 46.2. The van der Waals surface area contributed by atoms with Crippen LogP contribution in [0.2, 0.25) is 0 Å². The van der Waals surface area contributed by atoms with E-state index >= 15 is 4.79 Å². The number of hydrogen-bond acceptors (Lipinski definition) is 13. The summed E-state index contributed by atoms with van der Waals surface area (Å²) in [6.07, 6.45) is 26.1. The number of esters is 2. The fourth-order valence-corrected chi connectivity index (χ4v) is 16.8. The second kappa shape index (κ2) is 19.1. The highest BCUT2D eigenvalue weighted by Gasteiger charge is 2.69. The van der Waals surface area contributed by atoms with Gasteiger partial charge in [-0.25, -0.2) is 9.59 Å². The summed E-state index contributed by atoms with van der Waals surface area (Å²) in [4.78, 5) is 58.0.